The maximum atomic E-state index is 13.6. The number of aromatic amines is 1. The molecular weight excluding hydrogens is 292 g/mol. The number of nitrogens with one attached hydrogen (secondary N) is 1. The van der Waals surface area contributed by atoms with E-state index in [4.69, 9.17) is 12.2 Å². The van der Waals surface area contributed by atoms with Crippen LogP contribution in [0.3, 0.4) is 0 Å². The molecule has 3 rings (SSSR count). The van der Waals surface area contributed by atoms with Crippen LogP contribution < -0.4 is 0 Å². The predicted octanol–water partition coefficient (Wildman–Crippen LogP) is 4.24. The minimum atomic E-state index is -0.832. The van der Waals surface area contributed by atoms with Gasteiger partial charge in [0, 0.05) is 18.2 Å². The molecule has 20 heavy (non-hydrogen) atoms. The summed E-state index contributed by atoms with van der Waals surface area (Å²) in [6, 6.07) is 4.48. The molecule has 0 fully saturated rings. The van der Waals surface area contributed by atoms with Gasteiger partial charge in [0.05, 0.1) is 11.2 Å². The summed E-state index contributed by atoms with van der Waals surface area (Å²) in [4.78, 5) is 2.55. The van der Waals surface area contributed by atoms with E-state index in [-0.39, 0.29) is 21.5 Å². The summed E-state index contributed by atoms with van der Waals surface area (Å²) in [6.45, 7) is 0. The van der Waals surface area contributed by atoms with E-state index in [1.54, 1.807) is 0 Å². The lowest BCUT2D eigenvalue weighted by atomic mass is 10.2. The van der Waals surface area contributed by atoms with Gasteiger partial charge in [0.2, 0.25) is 0 Å². The highest BCUT2D eigenvalue weighted by atomic mass is 32.1. The smallest absolute Gasteiger partial charge is 0.182 e. The fourth-order valence-corrected chi connectivity index (χ4v) is 2.36. The number of halogens is 4. The molecule has 0 aliphatic heterocycles. The van der Waals surface area contributed by atoms with Crippen LogP contribution in [0.5, 0.6) is 0 Å². The Balaban J connectivity index is 2.41. The molecule has 1 N–H and O–H groups in total. The van der Waals surface area contributed by atoms with Crippen molar-refractivity contribution in [3.63, 3.8) is 0 Å². The molecule has 0 saturated carbocycles. The van der Waals surface area contributed by atoms with Crippen molar-refractivity contribution in [2.24, 2.45) is 0 Å². The first kappa shape index (κ1) is 12.9. The summed E-state index contributed by atoms with van der Waals surface area (Å²) >= 11 is 5.00. The minimum Gasteiger partial charge on any atom is -0.328 e. The number of benzene rings is 2. The predicted molar refractivity (Wildman–Crippen MR) is 68.3 cm³/mol. The van der Waals surface area contributed by atoms with Gasteiger partial charge in [-0.1, -0.05) is 0 Å². The highest BCUT2D eigenvalue weighted by Crippen LogP contribution is 2.24. The van der Waals surface area contributed by atoms with Crippen molar-refractivity contribution in [1.82, 2.24) is 9.55 Å². The van der Waals surface area contributed by atoms with Crippen LogP contribution in [0.15, 0.2) is 30.3 Å². The van der Waals surface area contributed by atoms with E-state index in [2.05, 4.69) is 4.98 Å². The Hall–Kier alpha value is -2.15. The Bertz CT molecular complexity index is 862. The number of aromatic nitrogens is 2. The summed E-state index contributed by atoms with van der Waals surface area (Å²) in [5, 5.41) is 0. The third kappa shape index (κ3) is 2.00. The van der Waals surface area contributed by atoms with Gasteiger partial charge in [-0.3, -0.25) is 4.57 Å². The summed E-state index contributed by atoms with van der Waals surface area (Å²) in [6.07, 6.45) is 0. The van der Waals surface area contributed by atoms with Crippen molar-refractivity contribution in [2.45, 2.75) is 0 Å². The fourth-order valence-electron chi connectivity index (χ4n) is 2.06. The third-order valence-electron chi connectivity index (χ3n) is 2.82. The van der Waals surface area contributed by atoms with E-state index in [1.807, 2.05) is 0 Å². The monoisotopic (exact) mass is 298 g/mol. The molecule has 1 heterocycles. The van der Waals surface area contributed by atoms with Gasteiger partial charge in [0.25, 0.3) is 0 Å². The number of hydrogen-bond acceptors (Lipinski definition) is 1. The molecule has 0 unspecified atom stereocenters. The van der Waals surface area contributed by atoms with Gasteiger partial charge >= 0.3 is 0 Å². The molecule has 0 radical (unpaired) electrons. The van der Waals surface area contributed by atoms with Gasteiger partial charge in [-0.2, -0.15) is 0 Å². The first-order valence-electron chi connectivity index (χ1n) is 5.52. The molecule has 0 atom stereocenters. The molecule has 7 heteroatoms. The van der Waals surface area contributed by atoms with E-state index in [0.717, 1.165) is 18.2 Å². The lowest BCUT2D eigenvalue weighted by Crippen LogP contribution is -1.96. The molecule has 1 aromatic heterocycles. The van der Waals surface area contributed by atoms with Crippen molar-refractivity contribution >= 4 is 23.3 Å². The first-order chi connectivity index (χ1) is 9.45. The lowest BCUT2D eigenvalue weighted by Gasteiger charge is -2.05. The van der Waals surface area contributed by atoms with Gasteiger partial charge in [-0.05, 0) is 24.4 Å². The number of H-pyrrole nitrogens is 1. The standard InChI is InChI=1S/C13H6F4N2S/c14-6-1-7(15)3-9(2-6)19-11-5-8(16)4-10(17)12(11)18-13(19)20/h1-5H,(H,18,20). The van der Waals surface area contributed by atoms with Crippen LogP contribution in [0, 0.1) is 28.0 Å². The van der Waals surface area contributed by atoms with Crippen LogP contribution in [0.4, 0.5) is 17.6 Å². The van der Waals surface area contributed by atoms with Gasteiger partial charge in [0.1, 0.15) is 23.0 Å². The first-order valence-corrected chi connectivity index (χ1v) is 5.93. The topological polar surface area (TPSA) is 20.7 Å². The number of fused-ring (bicyclic) bond motifs is 1. The maximum Gasteiger partial charge on any atom is 0.182 e. The molecule has 102 valence electrons. The Labute approximate surface area is 115 Å². The number of rotatable bonds is 1. The molecule has 2 nitrogen and oxygen atoms in total. The van der Waals surface area contributed by atoms with E-state index in [9.17, 15) is 17.6 Å². The molecule has 0 aliphatic carbocycles. The third-order valence-corrected chi connectivity index (χ3v) is 3.10. The summed E-state index contributed by atoms with van der Waals surface area (Å²) < 4.78 is 54.7. The average Bonchev–Trinajstić information content (AvgIpc) is 2.64. The minimum absolute atomic E-state index is 0.00880. The van der Waals surface area contributed by atoms with E-state index < -0.39 is 23.3 Å². The molecule has 0 saturated heterocycles. The van der Waals surface area contributed by atoms with Crippen molar-refractivity contribution in [3.05, 3.63) is 58.4 Å². The van der Waals surface area contributed by atoms with Crippen LogP contribution >= 0.6 is 12.2 Å². The SMILES string of the molecule is Fc1cc(F)cc(-n2c(=S)[nH]c3c(F)cc(F)cc32)c1. The summed E-state index contributed by atoms with van der Waals surface area (Å²) in [5.41, 5.74) is 0.0855. The number of nitrogens with zero attached hydrogens (tertiary/aromatic N) is 1. The van der Waals surface area contributed by atoms with Crippen LogP contribution in [-0.4, -0.2) is 9.55 Å². The molecule has 0 bridgehead atoms. The van der Waals surface area contributed by atoms with Crippen molar-refractivity contribution in [2.75, 3.05) is 0 Å². The molecule has 0 aliphatic rings. The number of hydrogen-bond donors (Lipinski definition) is 1. The molecule has 0 spiro atoms. The summed E-state index contributed by atoms with van der Waals surface area (Å²) in [5.74, 6) is -3.27. The number of imidazole rings is 1. The zero-order chi connectivity index (χ0) is 14.4. The maximum absolute atomic E-state index is 13.6. The van der Waals surface area contributed by atoms with Crippen molar-refractivity contribution in [3.8, 4) is 5.69 Å². The van der Waals surface area contributed by atoms with Crippen LogP contribution in [0.2, 0.25) is 0 Å². The molecule has 2 aromatic carbocycles. The van der Waals surface area contributed by atoms with E-state index in [0.29, 0.717) is 12.1 Å². The fraction of sp³-hybridized carbons (Fsp3) is 0. The summed E-state index contributed by atoms with van der Waals surface area (Å²) in [7, 11) is 0. The average molecular weight is 298 g/mol. The normalized spacial score (nSPS) is 11.2. The van der Waals surface area contributed by atoms with Gasteiger partial charge < -0.3 is 4.98 Å². The van der Waals surface area contributed by atoms with Gasteiger partial charge in [-0.15, -0.1) is 0 Å². The zero-order valence-electron chi connectivity index (χ0n) is 9.75. The van der Waals surface area contributed by atoms with Crippen molar-refractivity contribution in [1.29, 1.82) is 0 Å². The van der Waals surface area contributed by atoms with E-state index >= 15 is 0 Å². The molecular formula is C13H6F4N2S. The van der Waals surface area contributed by atoms with Crippen LogP contribution in [0.1, 0.15) is 0 Å². The second-order valence-electron chi connectivity index (χ2n) is 4.17. The Kier molecular flexibility index (Phi) is 2.86. The van der Waals surface area contributed by atoms with Gasteiger partial charge in [0.15, 0.2) is 10.6 Å². The zero-order valence-corrected chi connectivity index (χ0v) is 10.6. The highest BCUT2D eigenvalue weighted by Gasteiger charge is 2.13. The highest BCUT2D eigenvalue weighted by molar-refractivity contribution is 7.71. The Morgan fingerprint density at radius 1 is 0.850 bits per heavy atom. The van der Waals surface area contributed by atoms with Crippen molar-refractivity contribution < 1.29 is 17.6 Å². The lowest BCUT2D eigenvalue weighted by molar-refractivity contribution is 0.581. The molecule has 0 amide bonds. The Morgan fingerprint density at radius 3 is 2.10 bits per heavy atom. The van der Waals surface area contributed by atoms with Gasteiger partial charge in [-0.25, -0.2) is 17.6 Å². The quantitative estimate of drug-likeness (QED) is 0.526. The molecule has 3 aromatic rings. The Morgan fingerprint density at radius 2 is 1.45 bits per heavy atom. The van der Waals surface area contributed by atoms with Crippen LogP contribution in [0.25, 0.3) is 16.7 Å². The van der Waals surface area contributed by atoms with Crippen LogP contribution in [-0.2, 0) is 0 Å². The largest absolute Gasteiger partial charge is 0.328 e. The second-order valence-corrected chi connectivity index (χ2v) is 4.56. The second kappa shape index (κ2) is 4.45. The van der Waals surface area contributed by atoms with E-state index in [1.165, 1.54) is 4.57 Å².